The molecular formula is C24H16O2S3. The average molecular weight is 433 g/mol. The third-order valence-corrected chi connectivity index (χ3v) is 6.00. The lowest BCUT2D eigenvalue weighted by atomic mass is 10.2. The summed E-state index contributed by atoms with van der Waals surface area (Å²) in [5.41, 5.74) is 1.81. The van der Waals surface area contributed by atoms with Crippen LogP contribution in [0.2, 0.25) is 0 Å². The molecule has 0 radical (unpaired) electrons. The van der Waals surface area contributed by atoms with Crippen LogP contribution in [0.3, 0.4) is 0 Å². The molecule has 0 saturated heterocycles. The van der Waals surface area contributed by atoms with E-state index in [-0.39, 0.29) is 10.2 Å². The Hall–Kier alpha value is -2.70. The minimum atomic E-state index is 0.0713. The number of thioether (sulfide) groups is 2. The van der Waals surface area contributed by atoms with Crippen molar-refractivity contribution in [1.82, 2.24) is 0 Å². The molecule has 0 aliphatic heterocycles. The van der Waals surface area contributed by atoms with E-state index in [0.717, 1.165) is 30.7 Å². The van der Waals surface area contributed by atoms with Gasteiger partial charge >= 0.3 is 0 Å². The van der Waals surface area contributed by atoms with Gasteiger partial charge in [0.1, 0.15) is 0 Å². The van der Waals surface area contributed by atoms with Crippen LogP contribution in [0.25, 0.3) is 0 Å². The normalized spacial score (nSPS) is 9.72. The molecule has 0 N–H and O–H groups in total. The van der Waals surface area contributed by atoms with E-state index >= 15 is 0 Å². The highest BCUT2D eigenvalue weighted by atomic mass is 32.2. The highest BCUT2D eigenvalue weighted by Crippen LogP contribution is 2.20. The number of rotatable bonds is 2. The number of thiophene rings is 1. The molecule has 0 saturated carbocycles. The van der Waals surface area contributed by atoms with E-state index in [1.165, 1.54) is 23.5 Å². The van der Waals surface area contributed by atoms with Crippen LogP contribution in [0, 0.1) is 23.7 Å². The van der Waals surface area contributed by atoms with E-state index in [1.807, 2.05) is 60.7 Å². The van der Waals surface area contributed by atoms with Crippen molar-refractivity contribution in [3.05, 3.63) is 81.5 Å². The van der Waals surface area contributed by atoms with Crippen LogP contribution in [0.1, 0.15) is 34.7 Å². The molecule has 29 heavy (non-hydrogen) atoms. The van der Waals surface area contributed by atoms with Crippen molar-refractivity contribution in [3.8, 4) is 23.7 Å². The van der Waals surface area contributed by atoms with E-state index in [9.17, 15) is 9.59 Å². The molecule has 5 heteroatoms. The fourth-order valence-electron chi connectivity index (χ4n) is 2.28. The van der Waals surface area contributed by atoms with E-state index < -0.39 is 0 Å². The van der Waals surface area contributed by atoms with Crippen LogP contribution < -0.4 is 0 Å². The lowest BCUT2D eigenvalue weighted by molar-refractivity contribution is -0.109. The second kappa shape index (κ2) is 10.2. The summed E-state index contributed by atoms with van der Waals surface area (Å²) < 4.78 is 0. The average Bonchev–Trinajstić information content (AvgIpc) is 3.14. The molecule has 2 aromatic carbocycles. The zero-order chi connectivity index (χ0) is 20.6. The highest BCUT2D eigenvalue weighted by Gasteiger charge is 1.99. The number of hydrogen-bond acceptors (Lipinski definition) is 5. The molecule has 1 aromatic heterocycles. The van der Waals surface area contributed by atoms with Gasteiger partial charge in [0.2, 0.25) is 0 Å². The Labute approximate surface area is 183 Å². The predicted molar refractivity (Wildman–Crippen MR) is 122 cm³/mol. The number of benzene rings is 2. The Morgan fingerprint density at radius 2 is 1.00 bits per heavy atom. The molecule has 0 bridgehead atoms. The molecule has 1 heterocycles. The third-order valence-electron chi connectivity index (χ3n) is 3.50. The van der Waals surface area contributed by atoms with Crippen molar-refractivity contribution in [2.75, 3.05) is 0 Å². The Bertz CT molecular complexity index is 1060. The Kier molecular flexibility index (Phi) is 7.38. The lowest BCUT2D eigenvalue weighted by Gasteiger charge is -1.96. The Morgan fingerprint density at radius 1 is 0.621 bits per heavy atom. The van der Waals surface area contributed by atoms with Gasteiger partial charge in [-0.2, -0.15) is 0 Å². The quantitative estimate of drug-likeness (QED) is 0.377. The Morgan fingerprint density at radius 3 is 1.34 bits per heavy atom. The second-order valence-electron chi connectivity index (χ2n) is 5.90. The van der Waals surface area contributed by atoms with Gasteiger partial charge in [-0.3, -0.25) is 9.59 Å². The summed E-state index contributed by atoms with van der Waals surface area (Å²) in [7, 11) is 0. The van der Waals surface area contributed by atoms with Gasteiger partial charge in [0.15, 0.2) is 10.2 Å². The topological polar surface area (TPSA) is 34.1 Å². The first-order valence-electron chi connectivity index (χ1n) is 8.69. The molecular weight excluding hydrogens is 416 g/mol. The molecule has 2 nitrogen and oxygen atoms in total. The molecule has 0 spiro atoms. The predicted octanol–water partition coefficient (Wildman–Crippen LogP) is 5.82. The van der Waals surface area contributed by atoms with Gasteiger partial charge in [-0.15, -0.1) is 11.3 Å². The van der Waals surface area contributed by atoms with Gasteiger partial charge in [0.05, 0.1) is 9.75 Å². The van der Waals surface area contributed by atoms with Crippen LogP contribution in [-0.2, 0) is 9.59 Å². The van der Waals surface area contributed by atoms with Crippen LogP contribution in [0.5, 0.6) is 0 Å². The van der Waals surface area contributed by atoms with Crippen LogP contribution >= 0.6 is 34.9 Å². The molecule has 3 rings (SSSR count). The molecule has 3 aromatic rings. The fourth-order valence-corrected chi connectivity index (χ4v) is 4.21. The van der Waals surface area contributed by atoms with Crippen molar-refractivity contribution in [3.63, 3.8) is 0 Å². The highest BCUT2D eigenvalue weighted by molar-refractivity contribution is 8.13. The van der Waals surface area contributed by atoms with E-state index in [4.69, 9.17) is 0 Å². The SMILES string of the molecule is CC(=O)Sc1ccc(C#Cc2ccc(C#Cc3ccc(SC(C)=O)cc3)s2)cc1. The molecule has 142 valence electrons. The van der Waals surface area contributed by atoms with Crippen molar-refractivity contribution >= 4 is 45.1 Å². The zero-order valence-corrected chi connectivity index (χ0v) is 18.3. The van der Waals surface area contributed by atoms with E-state index in [2.05, 4.69) is 23.7 Å². The summed E-state index contributed by atoms with van der Waals surface area (Å²) in [5, 5.41) is 0.143. The summed E-state index contributed by atoms with van der Waals surface area (Å²) in [6, 6.07) is 19.2. The van der Waals surface area contributed by atoms with Crippen LogP contribution in [-0.4, -0.2) is 10.2 Å². The van der Waals surface area contributed by atoms with Crippen LogP contribution in [0.4, 0.5) is 0 Å². The minimum absolute atomic E-state index is 0.0713. The summed E-state index contributed by atoms with van der Waals surface area (Å²) in [5.74, 6) is 12.6. The first-order chi connectivity index (χ1) is 14.0. The lowest BCUT2D eigenvalue weighted by Crippen LogP contribution is -1.81. The molecule has 0 aliphatic carbocycles. The molecule has 0 amide bonds. The molecule has 0 unspecified atom stereocenters. The number of carbonyl (C=O) groups excluding carboxylic acids is 2. The van der Waals surface area contributed by atoms with Gasteiger partial charge in [-0.05, 0) is 60.7 Å². The summed E-state index contributed by atoms with van der Waals surface area (Å²) in [6.45, 7) is 3.11. The van der Waals surface area contributed by atoms with Gasteiger partial charge in [-0.25, -0.2) is 0 Å². The van der Waals surface area contributed by atoms with E-state index in [0.29, 0.717) is 0 Å². The molecule has 0 fully saturated rings. The van der Waals surface area contributed by atoms with Crippen molar-refractivity contribution < 1.29 is 9.59 Å². The minimum Gasteiger partial charge on any atom is -0.287 e. The van der Waals surface area contributed by atoms with Gasteiger partial charge < -0.3 is 0 Å². The smallest absolute Gasteiger partial charge is 0.190 e. The van der Waals surface area contributed by atoms with Crippen molar-refractivity contribution in [1.29, 1.82) is 0 Å². The maximum Gasteiger partial charge on any atom is 0.190 e. The monoisotopic (exact) mass is 432 g/mol. The number of carbonyl (C=O) groups is 2. The largest absolute Gasteiger partial charge is 0.287 e. The van der Waals surface area contributed by atoms with Crippen molar-refractivity contribution in [2.45, 2.75) is 23.6 Å². The van der Waals surface area contributed by atoms with Gasteiger partial charge in [-0.1, -0.05) is 47.2 Å². The Balaban J connectivity index is 1.65. The van der Waals surface area contributed by atoms with Crippen LogP contribution in [0.15, 0.2) is 70.5 Å². The first kappa shape index (κ1) is 21.0. The molecule has 0 atom stereocenters. The van der Waals surface area contributed by atoms with Gasteiger partial charge in [0.25, 0.3) is 0 Å². The van der Waals surface area contributed by atoms with Gasteiger partial charge in [0, 0.05) is 34.8 Å². The van der Waals surface area contributed by atoms with Crippen molar-refractivity contribution in [2.24, 2.45) is 0 Å². The fraction of sp³-hybridized carbons (Fsp3) is 0.0833. The standard InChI is InChI=1S/C24H16O2S3/c1-17(25)27-21-9-3-19(4-10-21)7-13-23-15-16-24(29-23)14-8-20-5-11-22(12-6-20)28-18(2)26/h3-6,9-12,15-16H,1-2H3. The first-order valence-corrected chi connectivity index (χ1v) is 11.1. The van der Waals surface area contributed by atoms with E-state index in [1.54, 1.807) is 25.2 Å². The molecule has 0 aliphatic rings. The summed E-state index contributed by atoms with van der Waals surface area (Å²) in [4.78, 5) is 26.0. The second-order valence-corrected chi connectivity index (χ2v) is 9.48. The number of hydrogen-bond donors (Lipinski definition) is 0. The summed E-state index contributed by atoms with van der Waals surface area (Å²) in [6.07, 6.45) is 0. The third kappa shape index (κ3) is 7.00. The zero-order valence-electron chi connectivity index (χ0n) is 15.8. The summed E-state index contributed by atoms with van der Waals surface area (Å²) >= 11 is 3.98. The maximum absolute atomic E-state index is 11.1. The maximum atomic E-state index is 11.1.